The van der Waals surface area contributed by atoms with E-state index in [9.17, 15) is 8.78 Å². The fourth-order valence-electron chi connectivity index (χ4n) is 3.36. The van der Waals surface area contributed by atoms with Crippen LogP contribution in [0.25, 0.3) is 5.70 Å². The molecule has 3 rings (SSSR count). The van der Waals surface area contributed by atoms with Gasteiger partial charge in [0.15, 0.2) is 11.5 Å². The standard InChI is InChI=1S/C26H27ClF2N2O2/c1-18(31(13-3-12-30)16-19-4-7-22(27)8-5-19)20-6-11-25(26(15-20)32-2)33-17-21-14-23(28)9-10-24(21)29/h4-11,14-15H,1,3,12-13,16-17,30H2,2H3. The number of ether oxygens (including phenoxy) is 2. The first-order chi connectivity index (χ1) is 15.9. The summed E-state index contributed by atoms with van der Waals surface area (Å²) in [6.45, 7) is 6.11. The predicted molar refractivity (Wildman–Crippen MR) is 128 cm³/mol. The maximum absolute atomic E-state index is 13.9. The summed E-state index contributed by atoms with van der Waals surface area (Å²) in [5.74, 6) is -0.162. The van der Waals surface area contributed by atoms with E-state index in [2.05, 4.69) is 11.5 Å². The van der Waals surface area contributed by atoms with E-state index in [0.717, 1.165) is 48.0 Å². The zero-order valence-corrected chi connectivity index (χ0v) is 19.2. The Hall–Kier alpha value is -3.09. The molecule has 0 saturated heterocycles. The second-order valence-electron chi connectivity index (χ2n) is 7.53. The number of nitrogens with zero attached hydrogens (tertiary/aromatic N) is 1. The average Bonchev–Trinajstić information content (AvgIpc) is 2.83. The number of methoxy groups -OCH3 is 1. The van der Waals surface area contributed by atoms with Crippen molar-refractivity contribution < 1.29 is 18.3 Å². The first kappa shape index (κ1) is 24.6. The fourth-order valence-corrected chi connectivity index (χ4v) is 3.49. The van der Waals surface area contributed by atoms with E-state index < -0.39 is 11.6 Å². The molecule has 33 heavy (non-hydrogen) atoms. The highest BCUT2D eigenvalue weighted by atomic mass is 35.5. The Morgan fingerprint density at radius 1 is 1.03 bits per heavy atom. The highest BCUT2D eigenvalue weighted by Crippen LogP contribution is 2.32. The van der Waals surface area contributed by atoms with Crippen LogP contribution in [0.5, 0.6) is 11.5 Å². The Morgan fingerprint density at radius 3 is 2.48 bits per heavy atom. The zero-order chi connectivity index (χ0) is 23.8. The monoisotopic (exact) mass is 472 g/mol. The van der Waals surface area contributed by atoms with Crippen molar-refractivity contribution in [3.8, 4) is 11.5 Å². The molecule has 2 N–H and O–H groups in total. The molecule has 3 aromatic rings. The van der Waals surface area contributed by atoms with Crippen molar-refractivity contribution in [3.05, 3.63) is 101 Å². The smallest absolute Gasteiger partial charge is 0.161 e. The van der Waals surface area contributed by atoms with Crippen LogP contribution in [0.15, 0.2) is 67.2 Å². The molecule has 0 bridgehead atoms. The van der Waals surface area contributed by atoms with Crippen LogP contribution < -0.4 is 15.2 Å². The molecule has 0 aliphatic heterocycles. The van der Waals surface area contributed by atoms with E-state index in [1.165, 1.54) is 7.11 Å². The molecule has 0 unspecified atom stereocenters. The quantitative estimate of drug-likeness (QED) is 0.370. The van der Waals surface area contributed by atoms with Crippen LogP contribution in [0.1, 0.15) is 23.1 Å². The van der Waals surface area contributed by atoms with Crippen molar-refractivity contribution in [2.75, 3.05) is 20.2 Å². The van der Waals surface area contributed by atoms with E-state index in [4.69, 9.17) is 26.8 Å². The number of hydrogen-bond acceptors (Lipinski definition) is 4. The Morgan fingerprint density at radius 2 is 1.79 bits per heavy atom. The fraction of sp³-hybridized carbons (Fsp3) is 0.231. The second kappa shape index (κ2) is 11.7. The van der Waals surface area contributed by atoms with Gasteiger partial charge in [0.25, 0.3) is 0 Å². The van der Waals surface area contributed by atoms with Crippen LogP contribution in [0, 0.1) is 11.6 Å². The van der Waals surface area contributed by atoms with Crippen LogP contribution in [0.2, 0.25) is 5.02 Å². The summed E-state index contributed by atoms with van der Waals surface area (Å²) in [5.41, 5.74) is 8.61. The van der Waals surface area contributed by atoms with Gasteiger partial charge in [0.2, 0.25) is 0 Å². The first-order valence-electron chi connectivity index (χ1n) is 10.5. The van der Waals surface area contributed by atoms with Gasteiger partial charge in [0.05, 0.1) is 7.11 Å². The molecule has 3 aromatic carbocycles. The van der Waals surface area contributed by atoms with E-state index in [0.29, 0.717) is 29.6 Å². The largest absolute Gasteiger partial charge is 0.493 e. The number of benzene rings is 3. The molecular formula is C26H27ClF2N2O2. The van der Waals surface area contributed by atoms with Crippen molar-refractivity contribution in [2.45, 2.75) is 19.6 Å². The molecule has 0 radical (unpaired) electrons. The van der Waals surface area contributed by atoms with Crippen molar-refractivity contribution in [2.24, 2.45) is 5.73 Å². The highest BCUT2D eigenvalue weighted by Gasteiger charge is 2.14. The van der Waals surface area contributed by atoms with Crippen molar-refractivity contribution >= 4 is 17.3 Å². The predicted octanol–water partition coefficient (Wildman–Crippen LogP) is 6.03. The molecule has 0 aliphatic carbocycles. The summed E-state index contributed by atoms with van der Waals surface area (Å²) < 4.78 is 38.5. The Labute approximate surface area is 198 Å². The minimum Gasteiger partial charge on any atom is -0.493 e. The van der Waals surface area contributed by atoms with Gasteiger partial charge < -0.3 is 20.1 Å². The topological polar surface area (TPSA) is 47.7 Å². The molecule has 7 heteroatoms. The van der Waals surface area contributed by atoms with Crippen LogP contribution >= 0.6 is 11.6 Å². The third-order valence-corrected chi connectivity index (χ3v) is 5.44. The molecule has 0 fully saturated rings. The van der Waals surface area contributed by atoms with Gasteiger partial charge in [-0.05, 0) is 67.1 Å². The van der Waals surface area contributed by atoms with E-state index >= 15 is 0 Å². The van der Waals surface area contributed by atoms with Gasteiger partial charge in [-0.3, -0.25) is 0 Å². The number of halogens is 3. The molecule has 4 nitrogen and oxygen atoms in total. The third-order valence-electron chi connectivity index (χ3n) is 5.19. The maximum Gasteiger partial charge on any atom is 0.161 e. The second-order valence-corrected chi connectivity index (χ2v) is 7.96. The van der Waals surface area contributed by atoms with Crippen molar-refractivity contribution in [3.63, 3.8) is 0 Å². The van der Waals surface area contributed by atoms with E-state index in [-0.39, 0.29) is 12.2 Å². The minimum absolute atomic E-state index is 0.126. The number of nitrogens with two attached hydrogens (primary N) is 1. The Balaban J connectivity index is 1.77. The van der Waals surface area contributed by atoms with Crippen molar-refractivity contribution in [1.29, 1.82) is 0 Å². The summed E-state index contributed by atoms with van der Waals surface area (Å²) in [5, 5.41) is 0.685. The summed E-state index contributed by atoms with van der Waals surface area (Å²) in [7, 11) is 1.53. The van der Waals surface area contributed by atoms with Gasteiger partial charge in [-0.25, -0.2) is 8.78 Å². The van der Waals surface area contributed by atoms with Gasteiger partial charge in [0.1, 0.15) is 18.2 Å². The van der Waals surface area contributed by atoms with Gasteiger partial charge in [0, 0.05) is 34.9 Å². The van der Waals surface area contributed by atoms with E-state index in [1.807, 2.05) is 36.4 Å². The molecular weight excluding hydrogens is 446 g/mol. The molecule has 0 aromatic heterocycles. The lowest BCUT2D eigenvalue weighted by Crippen LogP contribution is -2.24. The molecule has 0 saturated carbocycles. The SMILES string of the molecule is C=C(c1ccc(OCc2cc(F)ccc2F)c(OC)c1)N(CCCN)Cc1ccc(Cl)cc1. The van der Waals surface area contributed by atoms with Crippen LogP contribution in [-0.2, 0) is 13.2 Å². The van der Waals surface area contributed by atoms with Crippen LogP contribution in [0.4, 0.5) is 8.78 Å². The molecule has 0 atom stereocenters. The van der Waals surface area contributed by atoms with Crippen molar-refractivity contribution in [1.82, 2.24) is 4.90 Å². The first-order valence-corrected chi connectivity index (χ1v) is 10.9. The molecule has 0 aliphatic rings. The summed E-state index contributed by atoms with van der Waals surface area (Å²) >= 11 is 6.01. The lowest BCUT2D eigenvalue weighted by atomic mass is 10.1. The molecule has 174 valence electrons. The number of rotatable bonds is 11. The van der Waals surface area contributed by atoms with Gasteiger partial charge in [-0.15, -0.1) is 0 Å². The highest BCUT2D eigenvalue weighted by molar-refractivity contribution is 6.30. The lowest BCUT2D eigenvalue weighted by molar-refractivity contribution is 0.279. The lowest BCUT2D eigenvalue weighted by Gasteiger charge is -2.27. The Kier molecular flexibility index (Phi) is 8.69. The van der Waals surface area contributed by atoms with Gasteiger partial charge >= 0.3 is 0 Å². The summed E-state index contributed by atoms with van der Waals surface area (Å²) in [4.78, 5) is 2.15. The van der Waals surface area contributed by atoms with Gasteiger partial charge in [-0.1, -0.05) is 30.3 Å². The summed E-state index contributed by atoms with van der Waals surface area (Å²) in [6.07, 6.45) is 0.810. The molecule has 0 heterocycles. The normalized spacial score (nSPS) is 10.7. The zero-order valence-electron chi connectivity index (χ0n) is 18.5. The molecule has 0 spiro atoms. The third kappa shape index (κ3) is 6.70. The average molecular weight is 473 g/mol. The Bertz CT molecular complexity index is 1090. The maximum atomic E-state index is 13.9. The summed E-state index contributed by atoms with van der Waals surface area (Å²) in [6, 6.07) is 16.4. The van der Waals surface area contributed by atoms with Gasteiger partial charge in [-0.2, -0.15) is 0 Å². The van der Waals surface area contributed by atoms with Crippen LogP contribution in [-0.4, -0.2) is 25.1 Å². The molecule has 0 amide bonds. The minimum atomic E-state index is -0.530. The van der Waals surface area contributed by atoms with E-state index in [1.54, 1.807) is 6.07 Å². The van der Waals surface area contributed by atoms with Crippen LogP contribution in [0.3, 0.4) is 0 Å². The number of hydrogen-bond donors (Lipinski definition) is 1.